The van der Waals surface area contributed by atoms with E-state index in [9.17, 15) is 4.79 Å². The maximum Gasteiger partial charge on any atom is 0.225 e. The molecule has 0 spiro atoms. The molecule has 0 aromatic heterocycles. The maximum atomic E-state index is 12.0. The fourth-order valence-electron chi connectivity index (χ4n) is 2.52. The molecule has 4 nitrogen and oxygen atoms in total. The number of hydrogen-bond donors (Lipinski definition) is 2. The molecule has 0 unspecified atom stereocenters. The molecule has 2 aromatic carbocycles. The summed E-state index contributed by atoms with van der Waals surface area (Å²) < 4.78 is 5.27. The van der Waals surface area contributed by atoms with E-state index in [0.29, 0.717) is 18.7 Å². The third-order valence-electron chi connectivity index (χ3n) is 3.82. The van der Waals surface area contributed by atoms with E-state index in [4.69, 9.17) is 4.74 Å². The van der Waals surface area contributed by atoms with Crippen LogP contribution in [-0.4, -0.2) is 26.1 Å². The summed E-state index contributed by atoms with van der Waals surface area (Å²) in [4.78, 5) is 12.0. The lowest BCUT2D eigenvalue weighted by molar-refractivity contribution is -0.116. The topological polar surface area (TPSA) is 50.4 Å². The molecule has 1 amide bonds. The van der Waals surface area contributed by atoms with Crippen LogP contribution >= 0.6 is 0 Å². The molecule has 0 bridgehead atoms. The molecule has 2 aromatic rings. The van der Waals surface area contributed by atoms with Gasteiger partial charge in [-0.2, -0.15) is 0 Å². The first kappa shape index (κ1) is 18.0. The van der Waals surface area contributed by atoms with E-state index in [0.717, 1.165) is 30.6 Å². The highest BCUT2D eigenvalue weighted by Gasteiger charge is 2.07. The number of anilines is 1. The van der Waals surface area contributed by atoms with Gasteiger partial charge in [0.05, 0.1) is 12.8 Å². The van der Waals surface area contributed by atoms with Gasteiger partial charge in [0.25, 0.3) is 0 Å². The number of ether oxygens (including phenoxy) is 1. The monoisotopic (exact) mass is 326 g/mol. The summed E-state index contributed by atoms with van der Waals surface area (Å²) >= 11 is 0. The smallest absolute Gasteiger partial charge is 0.225 e. The van der Waals surface area contributed by atoms with E-state index in [1.54, 1.807) is 7.11 Å². The Morgan fingerprint density at radius 2 is 1.88 bits per heavy atom. The molecule has 0 fully saturated rings. The Hall–Kier alpha value is -2.33. The minimum Gasteiger partial charge on any atom is -0.495 e. The molecule has 0 aliphatic heterocycles. The van der Waals surface area contributed by atoms with Crippen molar-refractivity contribution < 1.29 is 9.53 Å². The van der Waals surface area contributed by atoms with Crippen molar-refractivity contribution in [3.05, 3.63) is 59.7 Å². The number of carbonyl (C=O) groups excluding carboxylic acids is 1. The van der Waals surface area contributed by atoms with Gasteiger partial charge in [0, 0.05) is 13.0 Å². The number of nitrogens with one attached hydrogen (secondary N) is 2. The average molecular weight is 326 g/mol. The number of amides is 1. The fraction of sp³-hybridized carbons (Fsp3) is 0.350. The largest absolute Gasteiger partial charge is 0.495 e. The summed E-state index contributed by atoms with van der Waals surface area (Å²) in [7, 11) is 1.61. The highest BCUT2D eigenvalue weighted by molar-refractivity contribution is 5.92. The van der Waals surface area contributed by atoms with E-state index >= 15 is 0 Å². The van der Waals surface area contributed by atoms with E-state index in [1.165, 1.54) is 5.56 Å². The summed E-state index contributed by atoms with van der Waals surface area (Å²) in [5.74, 6) is 0.680. The minimum absolute atomic E-state index is 0.00513. The van der Waals surface area contributed by atoms with Gasteiger partial charge in [-0.15, -0.1) is 0 Å². The van der Waals surface area contributed by atoms with E-state index in [2.05, 4.69) is 34.9 Å². The van der Waals surface area contributed by atoms with Gasteiger partial charge >= 0.3 is 0 Å². The molecular weight excluding hydrogens is 300 g/mol. The van der Waals surface area contributed by atoms with Crippen LogP contribution in [-0.2, 0) is 11.2 Å². The number of rotatable bonds is 9. The molecule has 4 heteroatoms. The Balaban J connectivity index is 1.64. The molecule has 0 saturated heterocycles. The van der Waals surface area contributed by atoms with Gasteiger partial charge in [0.2, 0.25) is 5.91 Å². The Morgan fingerprint density at radius 3 is 2.62 bits per heavy atom. The number of benzene rings is 2. The molecule has 128 valence electrons. The Morgan fingerprint density at radius 1 is 1.08 bits per heavy atom. The van der Waals surface area contributed by atoms with Crippen LogP contribution in [0.15, 0.2) is 48.5 Å². The van der Waals surface area contributed by atoms with Crippen molar-refractivity contribution in [1.29, 1.82) is 0 Å². The second kappa shape index (κ2) is 9.73. The predicted octanol–water partition coefficient (Wildman–Crippen LogP) is 3.55. The van der Waals surface area contributed by atoms with E-state index < -0.39 is 0 Å². The molecular formula is C20H26N2O2. The van der Waals surface area contributed by atoms with Crippen molar-refractivity contribution in [2.45, 2.75) is 26.2 Å². The first-order chi connectivity index (χ1) is 11.7. The maximum absolute atomic E-state index is 12.0. The molecule has 2 N–H and O–H groups in total. The van der Waals surface area contributed by atoms with E-state index in [1.807, 2.05) is 31.2 Å². The first-order valence-electron chi connectivity index (χ1n) is 8.38. The summed E-state index contributed by atoms with van der Waals surface area (Å²) in [5, 5.41) is 6.24. The van der Waals surface area contributed by atoms with Crippen LogP contribution in [0.5, 0.6) is 5.75 Å². The first-order valence-corrected chi connectivity index (χ1v) is 8.38. The van der Waals surface area contributed by atoms with Gasteiger partial charge in [-0.25, -0.2) is 0 Å². The second-order valence-electron chi connectivity index (χ2n) is 5.84. The standard InChI is InChI=1S/C20H26N2O2/c1-16-10-11-19(24-2)18(15-16)22-20(23)12-14-21-13-6-9-17-7-4-3-5-8-17/h3-5,7-8,10-11,15,21H,6,9,12-14H2,1-2H3,(H,22,23). The summed E-state index contributed by atoms with van der Waals surface area (Å²) in [6, 6.07) is 16.2. The van der Waals surface area contributed by atoms with Gasteiger partial charge in [-0.05, 0) is 49.6 Å². The lowest BCUT2D eigenvalue weighted by Crippen LogP contribution is -2.23. The van der Waals surface area contributed by atoms with Crippen LogP contribution in [0, 0.1) is 6.92 Å². The molecule has 0 aliphatic rings. The average Bonchev–Trinajstić information content (AvgIpc) is 2.59. The number of aryl methyl sites for hydroxylation is 2. The van der Waals surface area contributed by atoms with Crippen LogP contribution in [0.3, 0.4) is 0 Å². The SMILES string of the molecule is COc1ccc(C)cc1NC(=O)CCNCCCc1ccccc1. The van der Waals surface area contributed by atoms with Crippen LogP contribution in [0.1, 0.15) is 24.0 Å². The molecule has 24 heavy (non-hydrogen) atoms. The third-order valence-corrected chi connectivity index (χ3v) is 3.82. The Bertz CT molecular complexity index is 641. The van der Waals surface area contributed by atoms with Crippen molar-refractivity contribution >= 4 is 11.6 Å². The fourth-order valence-corrected chi connectivity index (χ4v) is 2.52. The van der Waals surface area contributed by atoms with E-state index in [-0.39, 0.29) is 5.91 Å². The quantitative estimate of drug-likeness (QED) is 0.693. The normalized spacial score (nSPS) is 10.4. The molecule has 0 atom stereocenters. The lowest BCUT2D eigenvalue weighted by Gasteiger charge is -2.11. The van der Waals surface area contributed by atoms with Gasteiger partial charge in [-0.3, -0.25) is 4.79 Å². The molecule has 0 aliphatic carbocycles. The van der Waals surface area contributed by atoms with Gasteiger partial charge in [0.1, 0.15) is 5.75 Å². The summed E-state index contributed by atoms with van der Waals surface area (Å²) in [5.41, 5.74) is 3.17. The van der Waals surface area contributed by atoms with Crippen LogP contribution in [0.2, 0.25) is 0 Å². The summed E-state index contributed by atoms with van der Waals surface area (Å²) in [6.45, 7) is 3.58. The number of carbonyl (C=O) groups is 1. The van der Waals surface area contributed by atoms with Crippen molar-refractivity contribution in [1.82, 2.24) is 5.32 Å². The van der Waals surface area contributed by atoms with Crippen molar-refractivity contribution in [2.24, 2.45) is 0 Å². The summed E-state index contributed by atoms with van der Waals surface area (Å²) in [6.07, 6.45) is 2.57. The predicted molar refractivity (Wildman–Crippen MR) is 98.6 cm³/mol. The Kier molecular flexibility index (Phi) is 7.30. The lowest BCUT2D eigenvalue weighted by atomic mass is 10.1. The van der Waals surface area contributed by atoms with Crippen LogP contribution < -0.4 is 15.4 Å². The molecule has 2 rings (SSSR count). The zero-order chi connectivity index (χ0) is 17.2. The third kappa shape index (κ3) is 6.05. The highest BCUT2D eigenvalue weighted by atomic mass is 16.5. The number of methoxy groups -OCH3 is 1. The zero-order valence-corrected chi connectivity index (χ0v) is 14.5. The molecule has 0 heterocycles. The highest BCUT2D eigenvalue weighted by Crippen LogP contribution is 2.25. The molecule has 0 radical (unpaired) electrons. The van der Waals surface area contributed by atoms with Gasteiger partial charge in [0.15, 0.2) is 0 Å². The van der Waals surface area contributed by atoms with Crippen LogP contribution in [0.25, 0.3) is 0 Å². The van der Waals surface area contributed by atoms with Crippen molar-refractivity contribution in [2.75, 3.05) is 25.5 Å². The van der Waals surface area contributed by atoms with Gasteiger partial charge in [-0.1, -0.05) is 36.4 Å². The number of hydrogen-bond acceptors (Lipinski definition) is 3. The van der Waals surface area contributed by atoms with Crippen molar-refractivity contribution in [3.8, 4) is 5.75 Å². The van der Waals surface area contributed by atoms with Gasteiger partial charge < -0.3 is 15.4 Å². The second-order valence-corrected chi connectivity index (χ2v) is 5.84. The Labute approximate surface area is 144 Å². The zero-order valence-electron chi connectivity index (χ0n) is 14.5. The van der Waals surface area contributed by atoms with Crippen molar-refractivity contribution in [3.63, 3.8) is 0 Å². The minimum atomic E-state index is -0.00513. The van der Waals surface area contributed by atoms with Crippen LogP contribution in [0.4, 0.5) is 5.69 Å². The molecule has 0 saturated carbocycles.